The first-order valence-corrected chi connectivity index (χ1v) is 4.14. The fourth-order valence-corrected chi connectivity index (χ4v) is 0.910. The lowest BCUT2D eigenvalue weighted by atomic mass is 10.4. The van der Waals surface area contributed by atoms with E-state index in [0.717, 1.165) is 5.69 Å². The second kappa shape index (κ2) is 4.17. The van der Waals surface area contributed by atoms with Gasteiger partial charge in [0.1, 0.15) is 0 Å². The highest BCUT2D eigenvalue weighted by Gasteiger charge is 1.93. The van der Waals surface area contributed by atoms with Gasteiger partial charge in [-0.05, 0) is 12.1 Å². The van der Waals surface area contributed by atoms with Crippen LogP contribution in [0.15, 0.2) is 24.4 Å². The highest BCUT2D eigenvalue weighted by molar-refractivity contribution is 7.77. The highest BCUT2D eigenvalue weighted by Crippen LogP contribution is 1.91. The zero-order valence-electron chi connectivity index (χ0n) is 5.73. The number of nitrogens with one attached hydrogen (secondary N) is 1. The quantitative estimate of drug-likeness (QED) is 0.645. The van der Waals surface area contributed by atoms with Crippen LogP contribution in [0.5, 0.6) is 0 Å². The molecule has 0 aliphatic rings. The third kappa shape index (κ3) is 3.22. The van der Waals surface area contributed by atoms with Crippen LogP contribution in [0.1, 0.15) is 5.69 Å². The van der Waals surface area contributed by atoms with Gasteiger partial charge in [-0.1, -0.05) is 6.07 Å². The molecule has 1 aromatic heterocycles. The van der Waals surface area contributed by atoms with Gasteiger partial charge in [-0.15, -0.1) is 0 Å². The standard InChI is InChI=1S/C6H8N2O2S/c9-11(10)8-5-6-3-1-2-4-7-6/h1-4,8H,5H2,(H,9,10). The van der Waals surface area contributed by atoms with Gasteiger partial charge < -0.3 is 0 Å². The van der Waals surface area contributed by atoms with Crippen LogP contribution >= 0.6 is 0 Å². The summed E-state index contributed by atoms with van der Waals surface area (Å²) in [5, 5.41) is 0. The molecule has 1 aromatic rings. The minimum absolute atomic E-state index is 0.309. The molecule has 1 heterocycles. The molecule has 0 amide bonds. The fourth-order valence-electron chi connectivity index (χ4n) is 0.638. The summed E-state index contributed by atoms with van der Waals surface area (Å²) in [5.74, 6) is 0. The first-order chi connectivity index (χ1) is 5.29. The van der Waals surface area contributed by atoms with Gasteiger partial charge in [-0.3, -0.25) is 9.54 Å². The minimum atomic E-state index is -1.96. The lowest BCUT2D eigenvalue weighted by Crippen LogP contribution is -2.15. The van der Waals surface area contributed by atoms with Gasteiger partial charge in [0.15, 0.2) is 0 Å². The number of nitrogens with zero attached hydrogens (tertiary/aromatic N) is 1. The van der Waals surface area contributed by atoms with Crippen molar-refractivity contribution >= 4 is 11.3 Å². The molecule has 0 fully saturated rings. The number of pyridine rings is 1. The maximum Gasteiger partial charge on any atom is 0.232 e. The van der Waals surface area contributed by atoms with E-state index in [9.17, 15) is 4.21 Å². The first-order valence-electron chi connectivity index (χ1n) is 3.03. The second-order valence-corrected chi connectivity index (χ2v) is 2.68. The predicted molar refractivity (Wildman–Crippen MR) is 41.8 cm³/mol. The summed E-state index contributed by atoms with van der Waals surface area (Å²) in [6, 6.07) is 5.39. The molecule has 5 heteroatoms. The van der Waals surface area contributed by atoms with Crippen molar-refractivity contribution in [2.75, 3.05) is 0 Å². The molecule has 0 bridgehead atoms. The summed E-state index contributed by atoms with van der Waals surface area (Å²) in [6.45, 7) is 0.309. The second-order valence-electron chi connectivity index (χ2n) is 1.89. The molecule has 0 saturated heterocycles. The van der Waals surface area contributed by atoms with Gasteiger partial charge >= 0.3 is 0 Å². The van der Waals surface area contributed by atoms with E-state index in [1.165, 1.54) is 0 Å². The fraction of sp³-hybridized carbons (Fsp3) is 0.167. The Balaban J connectivity index is 2.45. The van der Waals surface area contributed by atoms with Gasteiger partial charge in [0.25, 0.3) is 0 Å². The molecule has 0 spiro atoms. The summed E-state index contributed by atoms with van der Waals surface area (Å²) in [5.41, 5.74) is 0.745. The van der Waals surface area contributed by atoms with Crippen molar-refractivity contribution in [3.63, 3.8) is 0 Å². The Hall–Kier alpha value is -0.780. The summed E-state index contributed by atoms with van der Waals surface area (Å²) in [4.78, 5) is 3.94. The monoisotopic (exact) mass is 172 g/mol. The Labute approximate surface area is 67.1 Å². The van der Waals surface area contributed by atoms with Crippen LogP contribution in [0.2, 0.25) is 0 Å². The Morgan fingerprint density at radius 2 is 2.45 bits per heavy atom. The molecular weight excluding hydrogens is 164 g/mol. The van der Waals surface area contributed by atoms with Crippen LogP contribution in [0.25, 0.3) is 0 Å². The van der Waals surface area contributed by atoms with Gasteiger partial charge in [-0.2, -0.15) is 0 Å². The zero-order chi connectivity index (χ0) is 8.10. The molecular formula is C6H8N2O2S. The predicted octanol–water partition coefficient (Wildman–Crippen LogP) is 0.308. The van der Waals surface area contributed by atoms with E-state index < -0.39 is 11.3 Å². The van der Waals surface area contributed by atoms with Crippen molar-refractivity contribution in [1.82, 2.24) is 9.71 Å². The van der Waals surface area contributed by atoms with Crippen molar-refractivity contribution in [1.29, 1.82) is 0 Å². The molecule has 1 unspecified atom stereocenters. The van der Waals surface area contributed by atoms with Crippen LogP contribution in [-0.4, -0.2) is 13.7 Å². The van der Waals surface area contributed by atoms with Crippen LogP contribution in [0.3, 0.4) is 0 Å². The highest BCUT2D eigenvalue weighted by atomic mass is 32.2. The van der Waals surface area contributed by atoms with E-state index in [0.29, 0.717) is 6.54 Å². The number of hydrogen-bond acceptors (Lipinski definition) is 2. The van der Waals surface area contributed by atoms with E-state index in [1.807, 2.05) is 6.07 Å². The Bertz CT molecular complexity index is 240. The molecule has 11 heavy (non-hydrogen) atoms. The maximum absolute atomic E-state index is 10.1. The SMILES string of the molecule is O=S(O)NCc1ccccn1. The topological polar surface area (TPSA) is 62.2 Å². The molecule has 1 atom stereocenters. The number of hydrogen-bond donors (Lipinski definition) is 2. The summed E-state index contributed by atoms with van der Waals surface area (Å²) in [7, 11) is 0. The smallest absolute Gasteiger partial charge is 0.232 e. The van der Waals surface area contributed by atoms with Crippen LogP contribution < -0.4 is 4.72 Å². The third-order valence-corrected chi connectivity index (χ3v) is 1.49. The zero-order valence-corrected chi connectivity index (χ0v) is 6.54. The molecule has 2 N–H and O–H groups in total. The molecule has 60 valence electrons. The molecule has 0 radical (unpaired) electrons. The molecule has 0 aliphatic carbocycles. The molecule has 0 saturated carbocycles. The Kier molecular flexibility index (Phi) is 3.15. The summed E-state index contributed by atoms with van der Waals surface area (Å²) >= 11 is -1.96. The van der Waals surface area contributed by atoms with Gasteiger partial charge in [0.2, 0.25) is 11.3 Å². The molecule has 0 aromatic carbocycles. The molecule has 0 aliphatic heterocycles. The Morgan fingerprint density at radius 3 is 3.00 bits per heavy atom. The van der Waals surface area contributed by atoms with Gasteiger partial charge in [0.05, 0.1) is 12.2 Å². The van der Waals surface area contributed by atoms with Crippen LogP contribution in [0, 0.1) is 0 Å². The van der Waals surface area contributed by atoms with Crippen molar-refractivity contribution in [2.24, 2.45) is 0 Å². The lowest BCUT2D eigenvalue weighted by molar-refractivity contribution is 0.548. The van der Waals surface area contributed by atoms with E-state index in [2.05, 4.69) is 9.71 Å². The first kappa shape index (κ1) is 8.32. The Morgan fingerprint density at radius 1 is 1.64 bits per heavy atom. The van der Waals surface area contributed by atoms with Gasteiger partial charge in [0, 0.05) is 6.20 Å². The van der Waals surface area contributed by atoms with E-state index >= 15 is 0 Å². The van der Waals surface area contributed by atoms with Crippen molar-refractivity contribution in [3.8, 4) is 0 Å². The summed E-state index contributed by atoms with van der Waals surface area (Å²) in [6.07, 6.45) is 1.64. The van der Waals surface area contributed by atoms with E-state index in [-0.39, 0.29) is 0 Å². The maximum atomic E-state index is 10.1. The number of rotatable bonds is 3. The van der Waals surface area contributed by atoms with E-state index in [4.69, 9.17) is 4.55 Å². The normalized spacial score (nSPS) is 12.8. The van der Waals surface area contributed by atoms with Crippen molar-refractivity contribution in [2.45, 2.75) is 6.54 Å². The van der Waals surface area contributed by atoms with Crippen molar-refractivity contribution < 1.29 is 8.76 Å². The summed E-state index contributed by atoms with van der Waals surface area (Å²) < 4.78 is 20.8. The van der Waals surface area contributed by atoms with Crippen LogP contribution in [0.4, 0.5) is 0 Å². The lowest BCUT2D eigenvalue weighted by Gasteiger charge is -1.97. The van der Waals surface area contributed by atoms with Gasteiger partial charge in [-0.25, -0.2) is 8.93 Å². The molecule has 1 rings (SSSR count). The van der Waals surface area contributed by atoms with Crippen LogP contribution in [-0.2, 0) is 17.8 Å². The average molecular weight is 172 g/mol. The third-order valence-electron chi connectivity index (χ3n) is 1.10. The number of aromatic nitrogens is 1. The van der Waals surface area contributed by atoms with Crippen molar-refractivity contribution in [3.05, 3.63) is 30.1 Å². The minimum Gasteiger partial charge on any atom is -0.294 e. The molecule has 4 nitrogen and oxygen atoms in total. The average Bonchev–Trinajstić information content (AvgIpc) is 2.03. The van der Waals surface area contributed by atoms with E-state index in [1.54, 1.807) is 18.3 Å². The largest absolute Gasteiger partial charge is 0.294 e.